The van der Waals surface area contributed by atoms with Crippen molar-refractivity contribution in [3.8, 4) is 0 Å². The third-order valence-electron chi connectivity index (χ3n) is 2.59. The molecule has 2 aromatic heterocycles. The number of nitrogens with one attached hydrogen (secondary N) is 1. The van der Waals surface area contributed by atoms with Gasteiger partial charge in [-0.3, -0.25) is 4.79 Å². The lowest BCUT2D eigenvalue weighted by Crippen LogP contribution is -2.25. The Hall–Kier alpha value is -2.31. The highest BCUT2D eigenvalue weighted by Crippen LogP contribution is 2.11. The van der Waals surface area contributed by atoms with Crippen molar-refractivity contribution in [3.05, 3.63) is 29.7 Å². The third-order valence-corrected chi connectivity index (χ3v) is 2.59. The van der Waals surface area contributed by atoms with Crippen molar-refractivity contribution in [2.45, 2.75) is 33.4 Å². The van der Waals surface area contributed by atoms with Gasteiger partial charge < -0.3 is 20.1 Å². The van der Waals surface area contributed by atoms with Gasteiger partial charge in [-0.05, 0) is 12.5 Å². The first-order valence-corrected chi connectivity index (χ1v) is 6.13. The summed E-state index contributed by atoms with van der Waals surface area (Å²) in [5.74, 6) is 0.725. The van der Waals surface area contributed by atoms with Crippen LogP contribution in [0.25, 0.3) is 0 Å². The van der Waals surface area contributed by atoms with Gasteiger partial charge in [0.25, 0.3) is 5.91 Å². The second-order valence-electron chi connectivity index (χ2n) is 4.26. The highest BCUT2D eigenvalue weighted by molar-refractivity contribution is 5.93. The van der Waals surface area contributed by atoms with Crippen LogP contribution < -0.4 is 11.1 Å². The molecular weight excluding hydrogens is 246 g/mol. The summed E-state index contributed by atoms with van der Waals surface area (Å²) < 4.78 is 6.67. The number of amides is 1. The number of aromatic nitrogens is 3. The number of anilines is 1. The van der Waals surface area contributed by atoms with Crippen LogP contribution in [0.5, 0.6) is 0 Å². The lowest BCUT2D eigenvalue weighted by molar-refractivity contribution is 0.0940. The number of carbonyl (C=O) groups excluding carboxylic acids is 1. The summed E-state index contributed by atoms with van der Waals surface area (Å²) in [6, 6.07) is 1.66. The average Bonchev–Trinajstić information content (AvgIpc) is 2.93. The molecule has 0 fully saturated rings. The highest BCUT2D eigenvalue weighted by Gasteiger charge is 2.13. The summed E-state index contributed by atoms with van der Waals surface area (Å²) in [7, 11) is 0. The fourth-order valence-corrected chi connectivity index (χ4v) is 1.81. The van der Waals surface area contributed by atoms with Crippen LogP contribution in [0.4, 0.5) is 5.69 Å². The number of carbonyl (C=O) groups is 1. The summed E-state index contributed by atoms with van der Waals surface area (Å²) in [5, 5.41) is 6.45. The van der Waals surface area contributed by atoms with Crippen LogP contribution in [0.3, 0.4) is 0 Å². The van der Waals surface area contributed by atoms with Crippen molar-refractivity contribution < 1.29 is 9.32 Å². The molecule has 0 atom stereocenters. The van der Waals surface area contributed by atoms with Gasteiger partial charge in [-0.1, -0.05) is 12.1 Å². The van der Waals surface area contributed by atoms with Gasteiger partial charge in [-0.2, -0.15) is 4.98 Å². The molecule has 0 unspecified atom stereocenters. The largest absolute Gasteiger partial charge is 0.397 e. The van der Waals surface area contributed by atoms with Gasteiger partial charge in [0.1, 0.15) is 5.69 Å². The van der Waals surface area contributed by atoms with Crippen molar-refractivity contribution in [1.29, 1.82) is 0 Å². The molecule has 0 spiro atoms. The number of aryl methyl sites for hydroxylation is 2. The number of rotatable bonds is 5. The van der Waals surface area contributed by atoms with Gasteiger partial charge in [0.2, 0.25) is 5.89 Å². The molecule has 2 aromatic rings. The maximum Gasteiger partial charge on any atom is 0.268 e. The standard InChI is InChI=1S/C12H17N5O2/c1-3-4-17-7-9(13)5-10(17)12(18)14-6-11-15-8(2)19-16-11/h5,7H,3-4,6,13H2,1-2H3,(H,14,18). The number of nitrogen functional groups attached to an aromatic ring is 1. The molecule has 0 aromatic carbocycles. The molecule has 0 aliphatic heterocycles. The molecule has 102 valence electrons. The predicted octanol–water partition coefficient (Wildman–Crippen LogP) is 1.10. The fraction of sp³-hybridized carbons (Fsp3) is 0.417. The van der Waals surface area contributed by atoms with Crippen LogP contribution in [0.2, 0.25) is 0 Å². The Labute approximate surface area is 110 Å². The second-order valence-corrected chi connectivity index (χ2v) is 4.26. The molecule has 2 rings (SSSR count). The minimum Gasteiger partial charge on any atom is -0.397 e. The van der Waals surface area contributed by atoms with Crippen molar-refractivity contribution in [2.24, 2.45) is 0 Å². The topological polar surface area (TPSA) is 99.0 Å². The Morgan fingerprint density at radius 1 is 1.58 bits per heavy atom. The van der Waals surface area contributed by atoms with E-state index in [1.807, 2.05) is 11.5 Å². The van der Waals surface area contributed by atoms with Crippen LogP contribution in [-0.4, -0.2) is 20.6 Å². The quantitative estimate of drug-likeness (QED) is 0.841. The zero-order valence-electron chi connectivity index (χ0n) is 11.0. The minimum absolute atomic E-state index is 0.201. The van der Waals surface area contributed by atoms with E-state index in [4.69, 9.17) is 10.3 Å². The number of nitrogens with zero attached hydrogens (tertiary/aromatic N) is 3. The summed E-state index contributed by atoms with van der Waals surface area (Å²) in [5.41, 5.74) is 6.84. The highest BCUT2D eigenvalue weighted by atomic mass is 16.5. The van der Waals surface area contributed by atoms with E-state index in [2.05, 4.69) is 15.5 Å². The average molecular weight is 263 g/mol. The summed E-state index contributed by atoms with van der Waals surface area (Å²) in [4.78, 5) is 16.1. The molecule has 7 heteroatoms. The van der Waals surface area contributed by atoms with E-state index in [9.17, 15) is 4.79 Å². The van der Waals surface area contributed by atoms with Gasteiger partial charge in [0.05, 0.1) is 12.2 Å². The predicted molar refractivity (Wildman–Crippen MR) is 69.3 cm³/mol. The maximum atomic E-state index is 12.1. The van der Waals surface area contributed by atoms with Gasteiger partial charge >= 0.3 is 0 Å². The molecule has 0 aliphatic carbocycles. The number of hydrogen-bond acceptors (Lipinski definition) is 5. The van der Waals surface area contributed by atoms with Gasteiger partial charge in [-0.25, -0.2) is 0 Å². The molecule has 7 nitrogen and oxygen atoms in total. The smallest absolute Gasteiger partial charge is 0.268 e. The second kappa shape index (κ2) is 5.55. The van der Waals surface area contributed by atoms with Crippen molar-refractivity contribution in [2.75, 3.05) is 5.73 Å². The number of hydrogen-bond donors (Lipinski definition) is 2. The SMILES string of the molecule is CCCn1cc(N)cc1C(=O)NCc1noc(C)n1. The van der Waals surface area contributed by atoms with E-state index in [1.165, 1.54) is 0 Å². The first kappa shape index (κ1) is 13.1. The minimum atomic E-state index is -0.201. The molecule has 1 amide bonds. The monoisotopic (exact) mass is 263 g/mol. The first-order chi connectivity index (χ1) is 9.10. The van der Waals surface area contributed by atoms with Gasteiger partial charge in [0, 0.05) is 19.7 Å². The molecule has 19 heavy (non-hydrogen) atoms. The van der Waals surface area contributed by atoms with Crippen molar-refractivity contribution >= 4 is 11.6 Å². The van der Waals surface area contributed by atoms with Gasteiger partial charge in [-0.15, -0.1) is 0 Å². The Morgan fingerprint density at radius 2 is 2.37 bits per heavy atom. The Morgan fingerprint density at radius 3 is 3.00 bits per heavy atom. The normalized spacial score (nSPS) is 10.6. The molecule has 0 radical (unpaired) electrons. The first-order valence-electron chi connectivity index (χ1n) is 6.13. The maximum absolute atomic E-state index is 12.1. The molecule has 0 bridgehead atoms. The van der Waals surface area contributed by atoms with Crippen molar-refractivity contribution in [1.82, 2.24) is 20.0 Å². The van der Waals surface area contributed by atoms with E-state index in [-0.39, 0.29) is 12.5 Å². The lowest BCUT2D eigenvalue weighted by atomic mass is 10.3. The Bertz CT molecular complexity index is 572. The van der Waals surface area contributed by atoms with Crippen LogP contribution in [0, 0.1) is 6.92 Å². The molecule has 0 aliphatic rings. The van der Waals surface area contributed by atoms with E-state index in [0.717, 1.165) is 13.0 Å². The van der Waals surface area contributed by atoms with Gasteiger partial charge in [0.15, 0.2) is 5.82 Å². The Balaban J connectivity index is 2.03. The molecular formula is C12H17N5O2. The summed E-state index contributed by atoms with van der Waals surface area (Å²) in [6.07, 6.45) is 2.69. The molecule has 2 heterocycles. The zero-order valence-corrected chi connectivity index (χ0v) is 11.0. The van der Waals surface area contributed by atoms with Crippen LogP contribution in [0.15, 0.2) is 16.8 Å². The fourth-order valence-electron chi connectivity index (χ4n) is 1.81. The van der Waals surface area contributed by atoms with E-state index >= 15 is 0 Å². The van der Waals surface area contributed by atoms with Crippen molar-refractivity contribution in [3.63, 3.8) is 0 Å². The third kappa shape index (κ3) is 3.12. The Kier molecular flexibility index (Phi) is 3.84. The lowest BCUT2D eigenvalue weighted by Gasteiger charge is -2.07. The summed E-state index contributed by atoms with van der Waals surface area (Å²) >= 11 is 0. The molecule has 0 saturated carbocycles. The molecule has 3 N–H and O–H groups in total. The van der Waals surface area contributed by atoms with E-state index < -0.39 is 0 Å². The van der Waals surface area contributed by atoms with E-state index in [1.54, 1.807) is 19.2 Å². The zero-order chi connectivity index (χ0) is 13.8. The number of nitrogens with two attached hydrogens (primary N) is 1. The van der Waals surface area contributed by atoms with Crippen LogP contribution in [0.1, 0.15) is 35.5 Å². The van der Waals surface area contributed by atoms with E-state index in [0.29, 0.717) is 23.1 Å². The molecule has 0 saturated heterocycles. The summed E-state index contributed by atoms with van der Waals surface area (Å²) in [6.45, 7) is 4.72. The van der Waals surface area contributed by atoms with Crippen LogP contribution >= 0.6 is 0 Å². The van der Waals surface area contributed by atoms with Crippen LogP contribution in [-0.2, 0) is 13.1 Å².